The number of methoxy groups -OCH3 is 1. The summed E-state index contributed by atoms with van der Waals surface area (Å²) in [6, 6.07) is 7.96. The van der Waals surface area contributed by atoms with Gasteiger partial charge in [0.05, 0.1) is 25.4 Å². The number of carbonyl (C=O) groups excluding carboxylic acids is 1. The molecule has 9 heteroatoms. The molecule has 1 spiro atoms. The topological polar surface area (TPSA) is 99.3 Å². The number of benzene rings is 1. The zero-order valence-electron chi connectivity index (χ0n) is 22.1. The van der Waals surface area contributed by atoms with Gasteiger partial charge in [0, 0.05) is 55.8 Å². The Balaban J connectivity index is 1.57. The van der Waals surface area contributed by atoms with Crippen molar-refractivity contribution in [3.63, 3.8) is 0 Å². The number of aromatic nitrogens is 3. The molecule has 1 unspecified atom stereocenters. The Morgan fingerprint density at radius 2 is 2.05 bits per heavy atom. The molecule has 1 amide bonds. The van der Waals surface area contributed by atoms with Gasteiger partial charge in [-0.2, -0.15) is 5.26 Å². The lowest BCUT2D eigenvalue weighted by atomic mass is 9.81. The molecule has 0 radical (unpaired) electrons. The number of hydrogen-bond donors (Lipinski definition) is 1. The third-order valence-corrected chi connectivity index (χ3v) is 7.53. The van der Waals surface area contributed by atoms with Crippen LogP contribution >= 0.6 is 0 Å². The Hall–Kier alpha value is -3.90. The van der Waals surface area contributed by atoms with Crippen LogP contribution in [-0.4, -0.2) is 65.0 Å². The van der Waals surface area contributed by atoms with Crippen molar-refractivity contribution in [2.24, 2.45) is 0 Å². The minimum atomic E-state index is -0.259. The maximum absolute atomic E-state index is 14.1. The van der Waals surface area contributed by atoms with Crippen LogP contribution in [0.5, 0.6) is 5.75 Å². The lowest BCUT2D eigenvalue weighted by molar-refractivity contribution is 0.0633. The fourth-order valence-electron chi connectivity index (χ4n) is 5.58. The largest absolute Gasteiger partial charge is 0.495 e. The van der Waals surface area contributed by atoms with Gasteiger partial charge in [-0.1, -0.05) is 6.07 Å². The molecule has 1 fully saturated rings. The Kier molecular flexibility index (Phi) is 6.38. The Bertz CT molecular complexity index is 1380. The first-order valence-corrected chi connectivity index (χ1v) is 12.5. The second kappa shape index (κ2) is 9.52. The van der Waals surface area contributed by atoms with Gasteiger partial charge in [-0.25, -0.2) is 4.98 Å². The van der Waals surface area contributed by atoms with E-state index in [2.05, 4.69) is 57.0 Å². The summed E-state index contributed by atoms with van der Waals surface area (Å²) >= 11 is 0. The number of rotatable bonds is 8. The highest BCUT2D eigenvalue weighted by Crippen LogP contribution is 2.55. The quantitative estimate of drug-likeness (QED) is 0.506. The zero-order chi connectivity index (χ0) is 26.3. The monoisotopic (exact) mass is 499 g/mol. The lowest BCUT2D eigenvalue weighted by Crippen LogP contribution is -2.45. The molecule has 2 aliphatic rings. The summed E-state index contributed by atoms with van der Waals surface area (Å²) in [6.45, 7) is 4.06. The highest BCUT2D eigenvalue weighted by Gasteiger charge is 2.53. The van der Waals surface area contributed by atoms with Crippen LogP contribution in [0.4, 0.5) is 5.95 Å². The van der Waals surface area contributed by atoms with Gasteiger partial charge in [0.1, 0.15) is 17.4 Å². The first-order valence-electron chi connectivity index (χ1n) is 12.5. The van der Waals surface area contributed by atoms with Crippen LogP contribution in [-0.2, 0) is 18.5 Å². The standard InChI is InChI=1S/C28H33N7O2/c1-18(23-12-24(37-5)21(13-29)14-32-23)35-17-28(6-7-28)25-20(16-33(3)4)10-19(11-22(25)26(35)36)15-34-9-8-31-27(34)30-2/h8-12,14,18H,6-7,15-17H2,1-5H3,(H,30,31). The molecule has 3 heterocycles. The number of amides is 1. The fraction of sp³-hybridized carbons (Fsp3) is 0.429. The van der Waals surface area contributed by atoms with Crippen LogP contribution in [0.15, 0.2) is 36.8 Å². The molecule has 2 aromatic heterocycles. The second-order valence-corrected chi connectivity index (χ2v) is 10.4. The number of anilines is 1. The molecule has 9 nitrogen and oxygen atoms in total. The van der Waals surface area contributed by atoms with Gasteiger partial charge in [0.15, 0.2) is 0 Å². The van der Waals surface area contributed by atoms with E-state index in [4.69, 9.17) is 4.74 Å². The minimum Gasteiger partial charge on any atom is -0.495 e. The number of imidazole rings is 1. The van der Waals surface area contributed by atoms with E-state index in [0.717, 1.165) is 36.5 Å². The van der Waals surface area contributed by atoms with Crippen LogP contribution < -0.4 is 10.1 Å². The molecule has 5 rings (SSSR count). The van der Waals surface area contributed by atoms with Crippen molar-refractivity contribution in [2.45, 2.75) is 44.3 Å². The van der Waals surface area contributed by atoms with Crippen LogP contribution in [0.3, 0.4) is 0 Å². The first-order chi connectivity index (χ1) is 17.8. The van der Waals surface area contributed by atoms with E-state index in [1.807, 2.05) is 25.1 Å². The van der Waals surface area contributed by atoms with Gasteiger partial charge < -0.3 is 24.4 Å². The summed E-state index contributed by atoms with van der Waals surface area (Å²) < 4.78 is 7.46. The number of fused-ring (bicyclic) bond motifs is 2. The van der Waals surface area contributed by atoms with Gasteiger partial charge in [0.25, 0.3) is 5.91 Å². The van der Waals surface area contributed by atoms with Gasteiger partial charge in [-0.05, 0) is 56.6 Å². The summed E-state index contributed by atoms with van der Waals surface area (Å²) in [5, 5.41) is 12.5. The molecule has 0 saturated heterocycles. The zero-order valence-corrected chi connectivity index (χ0v) is 22.1. The Morgan fingerprint density at radius 3 is 2.70 bits per heavy atom. The molecule has 3 aromatic rings. The number of nitrogens with zero attached hydrogens (tertiary/aromatic N) is 6. The number of hydrogen-bond acceptors (Lipinski definition) is 7. The summed E-state index contributed by atoms with van der Waals surface area (Å²) in [5.41, 5.74) is 5.36. The van der Waals surface area contributed by atoms with E-state index >= 15 is 0 Å². The van der Waals surface area contributed by atoms with Gasteiger partial charge in [0.2, 0.25) is 5.95 Å². The molecule has 1 N–H and O–H groups in total. The van der Waals surface area contributed by atoms with Crippen LogP contribution in [0.2, 0.25) is 0 Å². The van der Waals surface area contributed by atoms with Gasteiger partial charge >= 0.3 is 0 Å². The van der Waals surface area contributed by atoms with Crippen LogP contribution in [0.25, 0.3) is 0 Å². The molecular formula is C28H33N7O2. The van der Waals surface area contributed by atoms with Crippen molar-refractivity contribution in [3.05, 3.63) is 70.3 Å². The molecule has 1 atom stereocenters. The summed E-state index contributed by atoms with van der Waals surface area (Å²) in [5.74, 6) is 1.28. The summed E-state index contributed by atoms with van der Waals surface area (Å²) in [4.78, 5) is 27.1. The summed E-state index contributed by atoms with van der Waals surface area (Å²) in [6.07, 6.45) is 7.37. The molecule has 37 heavy (non-hydrogen) atoms. The predicted octanol–water partition coefficient (Wildman–Crippen LogP) is 3.56. The molecule has 1 aliphatic carbocycles. The molecule has 0 bridgehead atoms. The lowest BCUT2D eigenvalue weighted by Gasteiger charge is -2.40. The second-order valence-electron chi connectivity index (χ2n) is 10.4. The minimum absolute atomic E-state index is 0.0199. The third kappa shape index (κ3) is 4.42. The van der Waals surface area contributed by atoms with Crippen molar-refractivity contribution >= 4 is 11.9 Å². The third-order valence-electron chi connectivity index (χ3n) is 7.53. The Labute approximate surface area is 217 Å². The normalized spacial score (nSPS) is 16.5. The van der Waals surface area contributed by atoms with Crippen molar-refractivity contribution < 1.29 is 9.53 Å². The van der Waals surface area contributed by atoms with E-state index in [0.29, 0.717) is 30.1 Å². The van der Waals surface area contributed by atoms with E-state index in [1.165, 1.54) is 17.3 Å². The van der Waals surface area contributed by atoms with Crippen LogP contribution in [0, 0.1) is 11.3 Å². The average Bonchev–Trinajstić information content (AvgIpc) is 3.51. The molecule has 192 valence electrons. The van der Waals surface area contributed by atoms with E-state index < -0.39 is 0 Å². The predicted molar refractivity (Wildman–Crippen MR) is 141 cm³/mol. The number of ether oxygens (including phenoxy) is 1. The van der Waals surface area contributed by atoms with E-state index in [9.17, 15) is 10.1 Å². The SMILES string of the molecule is CNc1nccn1Cc1cc(CN(C)C)c2c(c1)C(=O)N(C(C)c1cc(OC)c(C#N)cn1)CC21CC1. The number of pyridine rings is 1. The molecule has 1 aromatic carbocycles. The molecule has 1 aliphatic heterocycles. The highest BCUT2D eigenvalue weighted by atomic mass is 16.5. The van der Waals surface area contributed by atoms with Crippen LogP contribution in [0.1, 0.15) is 64.1 Å². The first kappa shape index (κ1) is 24.8. The van der Waals surface area contributed by atoms with Gasteiger partial charge in [-0.3, -0.25) is 9.78 Å². The number of carbonyl (C=O) groups is 1. The van der Waals surface area contributed by atoms with Gasteiger partial charge in [-0.15, -0.1) is 0 Å². The smallest absolute Gasteiger partial charge is 0.254 e. The van der Waals surface area contributed by atoms with Crippen molar-refractivity contribution in [1.82, 2.24) is 24.3 Å². The summed E-state index contributed by atoms with van der Waals surface area (Å²) in [7, 11) is 7.53. The molecular weight excluding hydrogens is 466 g/mol. The van der Waals surface area contributed by atoms with E-state index in [-0.39, 0.29) is 17.4 Å². The van der Waals surface area contributed by atoms with E-state index in [1.54, 1.807) is 19.4 Å². The van der Waals surface area contributed by atoms with Crippen molar-refractivity contribution in [3.8, 4) is 11.8 Å². The Morgan fingerprint density at radius 1 is 1.27 bits per heavy atom. The number of nitrogens with one attached hydrogen (secondary N) is 1. The molecule has 1 saturated carbocycles. The van der Waals surface area contributed by atoms with Crippen molar-refractivity contribution in [1.29, 1.82) is 5.26 Å². The highest BCUT2D eigenvalue weighted by molar-refractivity contribution is 5.98. The maximum atomic E-state index is 14.1. The maximum Gasteiger partial charge on any atom is 0.254 e. The fourth-order valence-corrected chi connectivity index (χ4v) is 5.58. The van der Waals surface area contributed by atoms with Crippen molar-refractivity contribution in [2.75, 3.05) is 40.1 Å². The number of nitriles is 1. The average molecular weight is 500 g/mol.